The molecule has 0 aliphatic carbocycles. The summed E-state index contributed by atoms with van der Waals surface area (Å²) in [7, 11) is 1.58. The molecule has 1 aromatic rings. The van der Waals surface area contributed by atoms with Gasteiger partial charge in [0.25, 0.3) is 0 Å². The van der Waals surface area contributed by atoms with E-state index in [1.807, 2.05) is 13.0 Å². The van der Waals surface area contributed by atoms with Crippen molar-refractivity contribution in [2.45, 2.75) is 13.0 Å². The molecule has 4 nitrogen and oxygen atoms in total. The minimum atomic E-state index is -0.245. The lowest BCUT2D eigenvalue weighted by molar-refractivity contribution is 0.195. The van der Waals surface area contributed by atoms with Gasteiger partial charge in [-0.25, -0.2) is 4.79 Å². The van der Waals surface area contributed by atoms with E-state index in [0.717, 1.165) is 5.56 Å². The van der Waals surface area contributed by atoms with E-state index in [1.54, 1.807) is 19.2 Å². The van der Waals surface area contributed by atoms with Gasteiger partial charge in [-0.05, 0) is 24.6 Å². The Balaban J connectivity index is 2.51. The number of hydrogen-bond donors (Lipinski definition) is 2. The van der Waals surface area contributed by atoms with Crippen molar-refractivity contribution < 1.29 is 9.53 Å². The minimum absolute atomic E-state index is 0.151. The molecular weight excluding hydrogens is 275 g/mol. The molecule has 18 heavy (non-hydrogen) atoms. The molecule has 6 heteroatoms. The van der Waals surface area contributed by atoms with Crippen LogP contribution in [-0.4, -0.2) is 26.3 Å². The predicted molar refractivity (Wildman–Crippen MR) is 73.3 cm³/mol. The highest BCUT2D eigenvalue weighted by Crippen LogP contribution is 2.25. The number of hydrogen-bond acceptors (Lipinski definition) is 2. The third kappa shape index (κ3) is 4.72. The standard InChI is InChI=1S/C12H16Cl2N2O2/c1-8(16-12(17)15-5-6-18-2)9-3-4-10(13)11(14)7-9/h3-4,7-8H,5-6H2,1-2H3,(H2,15,16,17). The third-order valence-corrected chi connectivity index (χ3v) is 3.12. The smallest absolute Gasteiger partial charge is 0.315 e. The van der Waals surface area contributed by atoms with Crippen LogP contribution in [0.5, 0.6) is 0 Å². The molecule has 1 rings (SSSR count). The molecule has 1 aromatic carbocycles. The van der Waals surface area contributed by atoms with Gasteiger partial charge in [0, 0.05) is 13.7 Å². The Bertz CT molecular complexity index is 413. The van der Waals surface area contributed by atoms with Crippen LogP contribution in [0.3, 0.4) is 0 Å². The minimum Gasteiger partial charge on any atom is -0.383 e. The highest BCUT2D eigenvalue weighted by Gasteiger charge is 2.10. The molecule has 0 spiro atoms. The Morgan fingerprint density at radius 1 is 1.39 bits per heavy atom. The van der Waals surface area contributed by atoms with Gasteiger partial charge in [-0.1, -0.05) is 29.3 Å². The van der Waals surface area contributed by atoms with Gasteiger partial charge in [-0.3, -0.25) is 0 Å². The summed E-state index contributed by atoms with van der Waals surface area (Å²) in [6.07, 6.45) is 0. The summed E-state index contributed by atoms with van der Waals surface area (Å²) < 4.78 is 4.84. The second-order valence-electron chi connectivity index (χ2n) is 3.79. The van der Waals surface area contributed by atoms with Gasteiger partial charge in [0.05, 0.1) is 22.7 Å². The van der Waals surface area contributed by atoms with E-state index in [0.29, 0.717) is 23.2 Å². The van der Waals surface area contributed by atoms with Gasteiger partial charge in [0.1, 0.15) is 0 Å². The normalized spacial score (nSPS) is 12.0. The highest BCUT2D eigenvalue weighted by molar-refractivity contribution is 6.42. The number of halogens is 2. The van der Waals surface area contributed by atoms with Crippen molar-refractivity contribution in [1.29, 1.82) is 0 Å². The molecule has 0 saturated heterocycles. The van der Waals surface area contributed by atoms with Crippen LogP contribution in [0.15, 0.2) is 18.2 Å². The Morgan fingerprint density at radius 3 is 2.72 bits per heavy atom. The summed E-state index contributed by atoms with van der Waals surface area (Å²) in [6, 6.07) is 4.88. The Kier molecular flexibility index (Phi) is 6.25. The predicted octanol–water partition coefficient (Wildman–Crippen LogP) is 3.00. The van der Waals surface area contributed by atoms with E-state index in [4.69, 9.17) is 27.9 Å². The maximum atomic E-state index is 11.5. The molecule has 0 bridgehead atoms. The third-order valence-electron chi connectivity index (χ3n) is 2.38. The molecule has 100 valence electrons. The van der Waals surface area contributed by atoms with Crippen LogP contribution >= 0.6 is 23.2 Å². The molecule has 0 saturated carbocycles. The maximum absolute atomic E-state index is 11.5. The fourth-order valence-corrected chi connectivity index (χ4v) is 1.69. The lowest BCUT2D eigenvalue weighted by Crippen LogP contribution is -2.38. The van der Waals surface area contributed by atoms with Gasteiger partial charge in [-0.15, -0.1) is 0 Å². The number of carbonyl (C=O) groups excluding carboxylic acids is 1. The molecule has 1 unspecified atom stereocenters. The fraction of sp³-hybridized carbons (Fsp3) is 0.417. The van der Waals surface area contributed by atoms with Crippen molar-refractivity contribution in [3.63, 3.8) is 0 Å². The van der Waals surface area contributed by atoms with Crippen LogP contribution in [-0.2, 0) is 4.74 Å². The van der Waals surface area contributed by atoms with Crippen LogP contribution in [0.25, 0.3) is 0 Å². The highest BCUT2D eigenvalue weighted by atomic mass is 35.5. The average Bonchev–Trinajstić information content (AvgIpc) is 2.33. The Morgan fingerprint density at radius 2 is 2.11 bits per heavy atom. The summed E-state index contributed by atoms with van der Waals surface area (Å²) in [5.74, 6) is 0. The van der Waals surface area contributed by atoms with Crippen molar-refractivity contribution in [3.05, 3.63) is 33.8 Å². The zero-order chi connectivity index (χ0) is 13.5. The first-order valence-corrected chi connectivity index (χ1v) is 6.28. The van der Waals surface area contributed by atoms with Crippen LogP contribution < -0.4 is 10.6 Å². The Labute approximate surface area is 117 Å². The van der Waals surface area contributed by atoms with Crippen molar-refractivity contribution in [3.8, 4) is 0 Å². The van der Waals surface area contributed by atoms with Crippen molar-refractivity contribution in [1.82, 2.24) is 10.6 Å². The molecule has 0 radical (unpaired) electrons. The molecule has 0 aliphatic heterocycles. The molecule has 0 aromatic heterocycles. The summed E-state index contributed by atoms with van der Waals surface area (Å²) in [5.41, 5.74) is 0.895. The molecule has 2 N–H and O–H groups in total. The first-order valence-electron chi connectivity index (χ1n) is 5.53. The molecule has 0 fully saturated rings. The summed E-state index contributed by atoms with van der Waals surface area (Å²) >= 11 is 11.8. The Hall–Kier alpha value is -0.970. The number of ether oxygens (including phenoxy) is 1. The first kappa shape index (κ1) is 15.1. The van der Waals surface area contributed by atoms with E-state index in [-0.39, 0.29) is 12.1 Å². The van der Waals surface area contributed by atoms with Crippen molar-refractivity contribution in [2.24, 2.45) is 0 Å². The van der Waals surface area contributed by atoms with E-state index in [2.05, 4.69) is 10.6 Å². The number of rotatable bonds is 5. The van der Waals surface area contributed by atoms with Gasteiger partial charge >= 0.3 is 6.03 Å². The fourth-order valence-electron chi connectivity index (χ4n) is 1.38. The zero-order valence-corrected chi connectivity index (χ0v) is 11.8. The second-order valence-corrected chi connectivity index (χ2v) is 4.60. The lowest BCUT2D eigenvalue weighted by atomic mass is 10.1. The first-order chi connectivity index (χ1) is 8.54. The number of methoxy groups -OCH3 is 1. The number of urea groups is 1. The monoisotopic (exact) mass is 290 g/mol. The van der Waals surface area contributed by atoms with Gasteiger partial charge < -0.3 is 15.4 Å². The molecular formula is C12H16Cl2N2O2. The molecule has 0 aliphatic rings. The van der Waals surface area contributed by atoms with Gasteiger partial charge in [0.15, 0.2) is 0 Å². The molecule has 0 heterocycles. The summed E-state index contributed by atoms with van der Waals surface area (Å²) in [4.78, 5) is 11.5. The van der Waals surface area contributed by atoms with Gasteiger partial charge in [-0.2, -0.15) is 0 Å². The van der Waals surface area contributed by atoms with Crippen molar-refractivity contribution in [2.75, 3.05) is 20.3 Å². The zero-order valence-electron chi connectivity index (χ0n) is 10.3. The number of carbonyl (C=O) groups is 1. The van der Waals surface area contributed by atoms with Gasteiger partial charge in [0.2, 0.25) is 0 Å². The van der Waals surface area contributed by atoms with Crippen LogP contribution in [0.1, 0.15) is 18.5 Å². The van der Waals surface area contributed by atoms with Crippen molar-refractivity contribution >= 4 is 29.2 Å². The summed E-state index contributed by atoms with van der Waals surface area (Å²) in [6.45, 7) is 2.82. The number of benzene rings is 1. The van der Waals surface area contributed by atoms with E-state index in [1.165, 1.54) is 0 Å². The second kappa shape index (κ2) is 7.46. The SMILES string of the molecule is COCCNC(=O)NC(C)c1ccc(Cl)c(Cl)c1. The van der Waals surface area contributed by atoms with Crippen LogP contribution in [0.4, 0.5) is 4.79 Å². The van der Waals surface area contributed by atoms with Crippen LogP contribution in [0.2, 0.25) is 10.0 Å². The summed E-state index contributed by atoms with van der Waals surface area (Å²) in [5, 5.41) is 6.44. The van der Waals surface area contributed by atoms with E-state index >= 15 is 0 Å². The topological polar surface area (TPSA) is 50.4 Å². The molecule has 2 amide bonds. The molecule has 1 atom stereocenters. The van der Waals surface area contributed by atoms with E-state index in [9.17, 15) is 4.79 Å². The lowest BCUT2D eigenvalue weighted by Gasteiger charge is -2.15. The van der Waals surface area contributed by atoms with E-state index < -0.39 is 0 Å². The quantitative estimate of drug-likeness (QED) is 0.819. The largest absolute Gasteiger partial charge is 0.383 e. The van der Waals surface area contributed by atoms with Crippen LogP contribution in [0, 0.1) is 0 Å². The number of amides is 2. The maximum Gasteiger partial charge on any atom is 0.315 e. The number of nitrogens with one attached hydrogen (secondary N) is 2. The average molecular weight is 291 g/mol.